The molecule has 8 heteroatoms. The van der Waals surface area contributed by atoms with E-state index in [0.717, 1.165) is 33.8 Å². The molecule has 1 unspecified atom stereocenters. The highest BCUT2D eigenvalue weighted by Gasteiger charge is 2.36. The van der Waals surface area contributed by atoms with Crippen LogP contribution >= 0.6 is 0 Å². The van der Waals surface area contributed by atoms with Crippen LogP contribution < -0.4 is 14.8 Å². The topological polar surface area (TPSA) is 91.2 Å². The van der Waals surface area contributed by atoms with Crippen molar-refractivity contribution < 1.29 is 14.3 Å². The predicted molar refractivity (Wildman–Crippen MR) is 129 cm³/mol. The normalized spacial score (nSPS) is 14.9. The van der Waals surface area contributed by atoms with Crippen LogP contribution in [0, 0.1) is 13.8 Å². The quantitative estimate of drug-likeness (QED) is 0.479. The Balaban J connectivity index is 1.80. The first kappa shape index (κ1) is 21.6. The van der Waals surface area contributed by atoms with Crippen molar-refractivity contribution in [3.05, 3.63) is 77.1 Å². The number of carbonyl (C=O) groups is 1. The van der Waals surface area contributed by atoms with Gasteiger partial charge >= 0.3 is 0 Å². The largest absolute Gasteiger partial charge is 0.497 e. The van der Waals surface area contributed by atoms with Gasteiger partial charge in [-0.15, -0.1) is 0 Å². The Morgan fingerprint density at radius 1 is 0.971 bits per heavy atom. The summed E-state index contributed by atoms with van der Waals surface area (Å²) in [6, 6.07) is 17.4. The molecule has 0 fully saturated rings. The lowest BCUT2D eigenvalue weighted by Gasteiger charge is -2.26. The molecular weight excluding hydrogens is 430 g/mol. The molecule has 3 heterocycles. The van der Waals surface area contributed by atoms with E-state index in [2.05, 4.69) is 15.3 Å². The van der Waals surface area contributed by atoms with Crippen LogP contribution in [0.1, 0.15) is 34.9 Å². The van der Waals surface area contributed by atoms with Crippen LogP contribution in [0.15, 0.2) is 54.6 Å². The first-order chi connectivity index (χ1) is 16.5. The molecule has 34 heavy (non-hydrogen) atoms. The smallest absolute Gasteiger partial charge is 0.252 e. The first-order valence-corrected chi connectivity index (χ1v) is 11.0. The van der Waals surface area contributed by atoms with E-state index in [-0.39, 0.29) is 18.2 Å². The van der Waals surface area contributed by atoms with Gasteiger partial charge in [-0.1, -0.05) is 30.3 Å². The van der Waals surface area contributed by atoms with Gasteiger partial charge in [-0.2, -0.15) is 9.78 Å². The van der Waals surface area contributed by atoms with Crippen LogP contribution in [0.25, 0.3) is 17.2 Å². The molecule has 8 nitrogen and oxygen atoms in total. The highest BCUT2D eigenvalue weighted by Crippen LogP contribution is 2.46. The summed E-state index contributed by atoms with van der Waals surface area (Å²) in [5.41, 5.74) is 5.08. The lowest BCUT2D eigenvalue weighted by atomic mass is 9.84. The second kappa shape index (κ2) is 8.62. The molecule has 1 N–H and O–H groups in total. The van der Waals surface area contributed by atoms with E-state index in [1.807, 2.05) is 68.4 Å². The minimum Gasteiger partial charge on any atom is -0.497 e. The number of methoxy groups -OCH3 is 2. The molecular formula is C26H25N5O3. The first-order valence-electron chi connectivity index (χ1n) is 11.0. The predicted octanol–water partition coefficient (Wildman–Crippen LogP) is 4.44. The van der Waals surface area contributed by atoms with Gasteiger partial charge in [0.15, 0.2) is 0 Å². The van der Waals surface area contributed by atoms with Crippen LogP contribution in [0.5, 0.6) is 11.5 Å². The van der Waals surface area contributed by atoms with Crippen molar-refractivity contribution >= 4 is 11.7 Å². The molecule has 4 aromatic rings. The van der Waals surface area contributed by atoms with Gasteiger partial charge in [0.05, 0.1) is 19.9 Å². The van der Waals surface area contributed by atoms with Gasteiger partial charge < -0.3 is 14.8 Å². The number of nitrogens with zero attached hydrogens (tertiary/aromatic N) is 4. The number of nitrogens with one attached hydrogen (secondary N) is 1. The summed E-state index contributed by atoms with van der Waals surface area (Å²) in [5.74, 6) is 1.93. The Bertz CT molecular complexity index is 1360. The van der Waals surface area contributed by atoms with E-state index >= 15 is 0 Å². The van der Waals surface area contributed by atoms with Crippen LogP contribution in [-0.4, -0.2) is 39.9 Å². The van der Waals surface area contributed by atoms with Crippen molar-refractivity contribution in [1.82, 2.24) is 19.7 Å². The average molecular weight is 456 g/mol. The molecule has 5 rings (SSSR count). The molecule has 0 saturated heterocycles. The molecule has 0 aliphatic carbocycles. The lowest BCUT2D eigenvalue weighted by molar-refractivity contribution is -0.116. The average Bonchev–Trinajstić information content (AvgIpc) is 3.22. The van der Waals surface area contributed by atoms with Crippen molar-refractivity contribution in [2.75, 3.05) is 19.5 Å². The van der Waals surface area contributed by atoms with Crippen LogP contribution in [0.4, 0.5) is 5.82 Å². The van der Waals surface area contributed by atoms with E-state index in [0.29, 0.717) is 23.3 Å². The zero-order chi connectivity index (χ0) is 23.8. The van der Waals surface area contributed by atoms with Crippen LogP contribution in [-0.2, 0) is 4.79 Å². The monoisotopic (exact) mass is 455 g/mol. The summed E-state index contributed by atoms with van der Waals surface area (Å²) in [7, 11) is 3.25. The zero-order valence-corrected chi connectivity index (χ0v) is 19.5. The number of fused-ring (bicyclic) bond motifs is 1. The molecule has 0 bridgehead atoms. The molecule has 1 amide bonds. The molecule has 1 aliphatic rings. The highest BCUT2D eigenvalue weighted by atomic mass is 16.5. The van der Waals surface area contributed by atoms with Crippen molar-refractivity contribution in [2.24, 2.45) is 0 Å². The van der Waals surface area contributed by atoms with Gasteiger partial charge in [-0.05, 0) is 38.1 Å². The number of aryl methyl sites for hydroxylation is 2. The zero-order valence-electron chi connectivity index (χ0n) is 19.5. The van der Waals surface area contributed by atoms with Gasteiger partial charge in [-0.25, -0.2) is 9.97 Å². The third kappa shape index (κ3) is 3.77. The van der Waals surface area contributed by atoms with Gasteiger partial charge in [0.1, 0.15) is 17.3 Å². The summed E-state index contributed by atoms with van der Waals surface area (Å²) in [4.78, 5) is 22.2. The molecule has 2 aromatic carbocycles. The summed E-state index contributed by atoms with van der Waals surface area (Å²) in [6.45, 7) is 3.82. The standard InChI is InChI=1S/C26H25N5O3/c1-15-12-16(2)28-26(27-15)31-25-23(24(30-31)17-8-6-5-7-9-17)20(14-22(32)29-25)19-13-18(33-3)10-11-21(19)34-4/h5-13,20H,14H2,1-4H3,(H,29,32). The number of aromatic nitrogens is 4. The summed E-state index contributed by atoms with van der Waals surface area (Å²) >= 11 is 0. The molecule has 2 aromatic heterocycles. The van der Waals surface area contributed by atoms with E-state index in [4.69, 9.17) is 14.6 Å². The van der Waals surface area contributed by atoms with Crippen molar-refractivity contribution in [3.63, 3.8) is 0 Å². The Labute approximate surface area is 197 Å². The van der Waals surface area contributed by atoms with Gasteiger partial charge in [0.25, 0.3) is 5.95 Å². The Hall–Kier alpha value is -4.20. The number of ether oxygens (including phenoxy) is 2. The van der Waals surface area contributed by atoms with Crippen LogP contribution in [0.3, 0.4) is 0 Å². The van der Waals surface area contributed by atoms with Crippen molar-refractivity contribution in [2.45, 2.75) is 26.2 Å². The van der Waals surface area contributed by atoms with E-state index in [9.17, 15) is 4.79 Å². The minimum atomic E-state index is -0.302. The molecule has 172 valence electrons. The fraction of sp³-hybridized carbons (Fsp3) is 0.231. The summed E-state index contributed by atoms with van der Waals surface area (Å²) in [6.07, 6.45) is 0.246. The fourth-order valence-corrected chi connectivity index (χ4v) is 4.48. The maximum Gasteiger partial charge on any atom is 0.252 e. The minimum absolute atomic E-state index is 0.118. The van der Waals surface area contributed by atoms with E-state index in [1.54, 1.807) is 18.9 Å². The number of carbonyl (C=O) groups excluding carboxylic acids is 1. The second-order valence-electron chi connectivity index (χ2n) is 8.25. The number of hydrogen-bond donors (Lipinski definition) is 1. The van der Waals surface area contributed by atoms with Crippen molar-refractivity contribution in [1.29, 1.82) is 0 Å². The second-order valence-corrected chi connectivity index (χ2v) is 8.25. The van der Waals surface area contributed by atoms with E-state index in [1.165, 1.54) is 0 Å². The van der Waals surface area contributed by atoms with Gasteiger partial charge in [0.2, 0.25) is 5.91 Å². The maximum atomic E-state index is 13.0. The van der Waals surface area contributed by atoms with Gasteiger partial charge in [-0.3, -0.25) is 4.79 Å². The fourth-order valence-electron chi connectivity index (χ4n) is 4.48. The number of anilines is 1. The Morgan fingerprint density at radius 2 is 1.71 bits per heavy atom. The Morgan fingerprint density at radius 3 is 2.38 bits per heavy atom. The SMILES string of the molecule is COc1ccc(OC)c(C2CC(=O)Nc3c2c(-c2ccccc2)nn3-c2nc(C)cc(C)n2)c1. The lowest BCUT2D eigenvalue weighted by Crippen LogP contribution is -2.25. The van der Waals surface area contributed by atoms with E-state index < -0.39 is 0 Å². The molecule has 1 atom stereocenters. The number of amides is 1. The van der Waals surface area contributed by atoms with Crippen molar-refractivity contribution in [3.8, 4) is 28.7 Å². The number of rotatable bonds is 5. The van der Waals surface area contributed by atoms with Gasteiger partial charge in [0, 0.05) is 40.4 Å². The maximum absolute atomic E-state index is 13.0. The highest BCUT2D eigenvalue weighted by molar-refractivity contribution is 5.96. The van der Waals surface area contributed by atoms with Crippen LogP contribution in [0.2, 0.25) is 0 Å². The summed E-state index contributed by atoms with van der Waals surface area (Å²) in [5, 5.41) is 7.96. The molecule has 0 saturated carbocycles. The number of hydrogen-bond acceptors (Lipinski definition) is 6. The third-order valence-electron chi connectivity index (χ3n) is 5.94. The summed E-state index contributed by atoms with van der Waals surface area (Å²) < 4.78 is 12.8. The number of benzene rings is 2. The molecule has 0 radical (unpaired) electrons. The third-order valence-corrected chi connectivity index (χ3v) is 5.94. The Kier molecular flexibility index (Phi) is 5.49. The molecule has 1 aliphatic heterocycles. The molecule has 0 spiro atoms.